The van der Waals surface area contributed by atoms with Crippen LogP contribution < -0.4 is 5.32 Å². The molecule has 4 rings (SSSR count). The standard InChI is InChI=1S/C18H28N4O4/c23-18(13-22-5-9-25-10-6-22)19-14-1-2-17-15(11-14)16(20-26-17)12-21-3-7-24-8-4-21/h14H,1-13H2,(H,19,23). The van der Waals surface area contributed by atoms with Gasteiger partial charge in [-0.25, -0.2) is 0 Å². The summed E-state index contributed by atoms with van der Waals surface area (Å²) in [5.41, 5.74) is 2.22. The third-order valence-electron chi connectivity index (χ3n) is 5.43. The minimum atomic E-state index is 0.103. The molecule has 1 amide bonds. The highest BCUT2D eigenvalue weighted by Crippen LogP contribution is 2.25. The van der Waals surface area contributed by atoms with Gasteiger partial charge in [0, 0.05) is 50.7 Å². The van der Waals surface area contributed by atoms with Crippen LogP contribution >= 0.6 is 0 Å². The van der Waals surface area contributed by atoms with Crippen molar-refractivity contribution in [2.75, 3.05) is 59.2 Å². The molecule has 0 aromatic carbocycles. The van der Waals surface area contributed by atoms with Gasteiger partial charge in [-0.05, 0) is 12.8 Å². The minimum absolute atomic E-state index is 0.103. The van der Waals surface area contributed by atoms with E-state index in [4.69, 9.17) is 14.0 Å². The molecule has 0 spiro atoms. The molecule has 2 fully saturated rings. The molecule has 1 unspecified atom stereocenters. The third kappa shape index (κ3) is 4.43. The third-order valence-corrected chi connectivity index (χ3v) is 5.43. The number of aromatic nitrogens is 1. The lowest BCUT2D eigenvalue weighted by Crippen LogP contribution is -2.47. The van der Waals surface area contributed by atoms with E-state index in [-0.39, 0.29) is 11.9 Å². The highest BCUT2D eigenvalue weighted by molar-refractivity contribution is 5.78. The molecule has 8 nitrogen and oxygen atoms in total. The zero-order chi connectivity index (χ0) is 17.8. The van der Waals surface area contributed by atoms with Gasteiger partial charge in [0.1, 0.15) is 11.5 Å². The van der Waals surface area contributed by atoms with Gasteiger partial charge in [0.25, 0.3) is 0 Å². The highest BCUT2D eigenvalue weighted by atomic mass is 16.5. The van der Waals surface area contributed by atoms with Crippen molar-refractivity contribution in [3.63, 3.8) is 0 Å². The average molecular weight is 364 g/mol. The number of nitrogens with zero attached hydrogens (tertiary/aromatic N) is 3. The van der Waals surface area contributed by atoms with Crippen LogP contribution in [0, 0.1) is 0 Å². The van der Waals surface area contributed by atoms with Gasteiger partial charge in [0.05, 0.1) is 33.0 Å². The predicted molar refractivity (Wildman–Crippen MR) is 93.8 cm³/mol. The number of fused-ring (bicyclic) bond motifs is 1. The van der Waals surface area contributed by atoms with E-state index < -0.39 is 0 Å². The van der Waals surface area contributed by atoms with Crippen LogP contribution in [0.3, 0.4) is 0 Å². The van der Waals surface area contributed by atoms with Crippen LogP contribution in [0.2, 0.25) is 0 Å². The number of ether oxygens (including phenoxy) is 2. The SMILES string of the molecule is O=C(CN1CCOCC1)NC1CCc2onc(CN3CCOCC3)c2C1. The van der Waals surface area contributed by atoms with E-state index in [2.05, 4.69) is 20.3 Å². The van der Waals surface area contributed by atoms with Crippen LogP contribution in [0.15, 0.2) is 4.52 Å². The summed E-state index contributed by atoms with van der Waals surface area (Å²) in [6.07, 6.45) is 2.56. The van der Waals surface area contributed by atoms with E-state index >= 15 is 0 Å². The van der Waals surface area contributed by atoms with Gasteiger partial charge in [-0.2, -0.15) is 0 Å². The maximum Gasteiger partial charge on any atom is 0.234 e. The zero-order valence-electron chi connectivity index (χ0n) is 15.2. The van der Waals surface area contributed by atoms with Crippen molar-refractivity contribution in [3.8, 4) is 0 Å². The zero-order valence-corrected chi connectivity index (χ0v) is 15.2. The van der Waals surface area contributed by atoms with Gasteiger partial charge >= 0.3 is 0 Å². The summed E-state index contributed by atoms with van der Waals surface area (Å²) >= 11 is 0. The van der Waals surface area contributed by atoms with Crippen molar-refractivity contribution >= 4 is 5.91 Å². The molecule has 2 saturated heterocycles. The summed E-state index contributed by atoms with van der Waals surface area (Å²) < 4.78 is 16.3. The smallest absolute Gasteiger partial charge is 0.234 e. The van der Waals surface area contributed by atoms with Crippen LogP contribution in [-0.2, 0) is 33.7 Å². The van der Waals surface area contributed by atoms with E-state index in [1.165, 1.54) is 5.56 Å². The number of nitrogens with one attached hydrogen (secondary N) is 1. The first-order valence-electron chi connectivity index (χ1n) is 9.64. The van der Waals surface area contributed by atoms with E-state index in [0.717, 1.165) is 76.7 Å². The molecule has 0 bridgehead atoms. The lowest BCUT2D eigenvalue weighted by molar-refractivity contribution is -0.124. The van der Waals surface area contributed by atoms with Crippen LogP contribution in [0.1, 0.15) is 23.4 Å². The molecule has 3 heterocycles. The Labute approximate surface area is 153 Å². The maximum atomic E-state index is 12.4. The highest BCUT2D eigenvalue weighted by Gasteiger charge is 2.28. The van der Waals surface area contributed by atoms with Crippen LogP contribution in [0.25, 0.3) is 0 Å². The quantitative estimate of drug-likeness (QED) is 0.776. The number of carbonyl (C=O) groups excluding carboxylic acids is 1. The fraction of sp³-hybridized carbons (Fsp3) is 0.778. The lowest BCUT2D eigenvalue weighted by Gasteiger charge is -2.28. The normalized spacial score (nSPS) is 25.0. The Kier molecular flexibility index (Phi) is 5.84. The molecule has 144 valence electrons. The largest absolute Gasteiger partial charge is 0.379 e. The number of morpholine rings is 2. The van der Waals surface area contributed by atoms with Crippen LogP contribution in [0.5, 0.6) is 0 Å². The van der Waals surface area contributed by atoms with E-state index in [0.29, 0.717) is 19.8 Å². The van der Waals surface area contributed by atoms with Gasteiger partial charge in [0.2, 0.25) is 5.91 Å². The number of hydrogen-bond donors (Lipinski definition) is 1. The number of aryl methyl sites for hydroxylation is 1. The number of rotatable bonds is 5. The lowest BCUT2D eigenvalue weighted by atomic mass is 9.92. The van der Waals surface area contributed by atoms with Crippen molar-refractivity contribution in [3.05, 3.63) is 17.0 Å². The van der Waals surface area contributed by atoms with Gasteiger partial charge < -0.3 is 19.3 Å². The molecule has 2 aliphatic heterocycles. The summed E-state index contributed by atoms with van der Waals surface area (Å²) in [5, 5.41) is 7.51. The molecular weight excluding hydrogens is 336 g/mol. The number of amides is 1. The molecule has 1 atom stereocenters. The van der Waals surface area contributed by atoms with Gasteiger partial charge in [-0.15, -0.1) is 0 Å². The first-order valence-corrected chi connectivity index (χ1v) is 9.64. The first kappa shape index (κ1) is 17.9. The van der Waals surface area contributed by atoms with Gasteiger partial charge in [-0.3, -0.25) is 14.6 Å². The molecule has 1 aliphatic carbocycles. The monoisotopic (exact) mass is 364 g/mol. The Balaban J connectivity index is 1.31. The summed E-state index contributed by atoms with van der Waals surface area (Å²) in [5.74, 6) is 1.10. The molecular formula is C18H28N4O4. The van der Waals surface area contributed by atoms with Gasteiger partial charge in [-0.1, -0.05) is 5.16 Å². The molecule has 0 radical (unpaired) electrons. The van der Waals surface area contributed by atoms with Crippen molar-refractivity contribution in [2.24, 2.45) is 0 Å². The molecule has 0 saturated carbocycles. The minimum Gasteiger partial charge on any atom is -0.379 e. The van der Waals surface area contributed by atoms with Crippen molar-refractivity contribution in [1.29, 1.82) is 0 Å². The maximum absolute atomic E-state index is 12.4. The summed E-state index contributed by atoms with van der Waals surface area (Å²) in [4.78, 5) is 16.9. The van der Waals surface area contributed by atoms with Crippen LogP contribution in [-0.4, -0.2) is 86.1 Å². The Morgan fingerprint density at radius 2 is 1.77 bits per heavy atom. The molecule has 1 aromatic rings. The van der Waals surface area contributed by atoms with Crippen molar-refractivity contribution in [2.45, 2.75) is 31.8 Å². The molecule has 1 aromatic heterocycles. The van der Waals surface area contributed by atoms with Gasteiger partial charge in [0.15, 0.2) is 0 Å². The molecule has 26 heavy (non-hydrogen) atoms. The fourth-order valence-electron chi connectivity index (χ4n) is 3.92. The Morgan fingerprint density at radius 1 is 1.08 bits per heavy atom. The van der Waals surface area contributed by atoms with Crippen LogP contribution in [0.4, 0.5) is 0 Å². The van der Waals surface area contributed by atoms with Crippen molar-refractivity contribution in [1.82, 2.24) is 20.3 Å². The Morgan fingerprint density at radius 3 is 2.50 bits per heavy atom. The van der Waals surface area contributed by atoms with E-state index in [9.17, 15) is 4.79 Å². The summed E-state index contributed by atoms with van der Waals surface area (Å²) in [6.45, 7) is 7.77. The number of carbonyl (C=O) groups is 1. The Bertz CT molecular complexity index is 608. The first-order chi connectivity index (χ1) is 12.8. The Hall–Kier alpha value is -1.48. The average Bonchev–Trinajstić information content (AvgIpc) is 3.05. The second kappa shape index (κ2) is 8.47. The molecule has 3 aliphatic rings. The fourth-order valence-corrected chi connectivity index (χ4v) is 3.92. The van der Waals surface area contributed by atoms with E-state index in [1.807, 2.05) is 0 Å². The predicted octanol–water partition coefficient (Wildman–Crippen LogP) is -0.187. The van der Waals surface area contributed by atoms with Crippen molar-refractivity contribution < 1.29 is 18.8 Å². The second-order valence-electron chi connectivity index (χ2n) is 7.32. The van der Waals surface area contributed by atoms with E-state index in [1.54, 1.807) is 0 Å². The summed E-state index contributed by atoms with van der Waals surface area (Å²) in [7, 11) is 0. The summed E-state index contributed by atoms with van der Waals surface area (Å²) in [6, 6.07) is 0.166. The molecule has 8 heteroatoms. The molecule has 1 N–H and O–H groups in total. The second-order valence-corrected chi connectivity index (χ2v) is 7.32. The topological polar surface area (TPSA) is 80.1 Å². The number of hydrogen-bond acceptors (Lipinski definition) is 7.